The number of aryl methyl sites for hydroxylation is 1. The third-order valence-electron chi connectivity index (χ3n) is 4.91. The predicted octanol–water partition coefficient (Wildman–Crippen LogP) is 4.24. The lowest BCUT2D eigenvalue weighted by atomic mass is 10.0. The van der Waals surface area contributed by atoms with Crippen molar-refractivity contribution in [3.63, 3.8) is 0 Å². The number of hydrogen-bond acceptors (Lipinski definition) is 4. The van der Waals surface area contributed by atoms with E-state index in [1.165, 1.54) is 37.8 Å². The SMILES string of the molecule is CCn1c(SCCC2CCCCN2C)nnc1-c1cccc(C)c1. The Morgan fingerprint density at radius 3 is 2.88 bits per heavy atom. The van der Waals surface area contributed by atoms with Crippen LogP contribution in [0.4, 0.5) is 0 Å². The van der Waals surface area contributed by atoms with Crippen molar-refractivity contribution in [3.05, 3.63) is 29.8 Å². The number of benzene rings is 1. The second-order valence-electron chi connectivity index (χ2n) is 6.69. The Morgan fingerprint density at radius 2 is 2.12 bits per heavy atom. The van der Waals surface area contributed by atoms with Gasteiger partial charge in [-0.3, -0.25) is 0 Å². The molecule has 4 nitrogen and oxygen atoms in total. The molecule has 0 saturated carbocycles. The summed E-state index contributed by atoms with van der Waals surface area (Å²) in [6, 6.07) is 9.24. The van der Waals surface area contributed by atoms with Crippen LogP contribution in [0.1, 0.15) is 38.2 Å². The molecule has 130 valence electrons. The smallest absolute Gasteiger partial charge is 0.191 e. The van der Waals surface area contributed by atoms with Crippen molar-refractivity contribution in [1.82, 2.24) is 19.7 Å². The third-order valence-corrected chi connectivity index (χ3v) is 5.91. The van der Waals surface area contributed by atoms with Crippen molar-refractivity contribution in [2.75, 3.05) is 19.3 Å². The lowest BCUT2D eigenvalue weighted by molar-refractivity contribution is 0.182. The van der Waals surface area contributed by atoms with Crippen molar-refractivity contribution < 1.29 is 0 Å². The maximum Gasteiger partial charge on any atom is 0.191 e. The Kier molecular flexibility index (Phi) is 5.95. The fourth-order valence-electron chi connectivity index (χ4n) is 3.47. The number of thioether (sulfide) groups is 1. The Morgan fingerprint density at radius 1 is 1.25 bits per heavy atom. The first kappa shape index (κ1) is 17.5. The molecule has 2 aromatic rings. The molecule has 0 spiro atoms. The summed E-state index contributed by atoms with van der Waals surface area (Å²) in [5, 5.41) is 9.97. The van der Waals surface area contributed by atoms with Crippen LogP contribution >= 0.6 is 11.8 Å². The highest BCUT2D eigenvalue weighted by Crippen LogP contribution is 2.26. The van der Waals surface area contributed by atoms with E-state index in [0.29, 0.717) is 0 Å². The quantitative estimate of drug-likeness (QED) is 0.734. The molecule has 0 aliphatic carbocycles. The summed E-state index contributed by atoms with van der Waals surface area (Å²) in [6.45, 7) is 6.44. The van der Waals surface area contributed by atoms with E-state index in [1.54, 1.807) is 0 Å². The minimum Gasteiger partial charge on any atom is -0.303 e. The van der Waals surface area contributed by atoms with Crippen LogP contribution in [0.15, 0.2) is 29.4 Å². The molecule has 1 aromatic carbocycles. The highest BCUT2D eigenvalue weighted by Gasteiger charge is 2.19. The predicted molar refractivity (Wildman–Crippen MR) is 101 cm³/mol. The summed E-state index contributed by atoms with van der Waals surface area (Å²) in [5.41, 5.74) is 2.41. The van der Waals surface area contributed by atoms with Crippen molar-refractivity contribution in [1.29, 1.82) is 0 Å². The molecule has 1 saturated heterocycles. The normalized spacial score (nSPS) is 18.9. The highest BCUT2D eigenvalue weighted by molar-refractivity contribution is 7.99. The molecule has 1 aliphatic heterocycles. The van der Waals surface area contributed by atoms with Gasteiger partial charge in [0.05, 0.1) is 0 Å². The van der Waals surface area contributed by atoms with Crippen LogP contribution in [0.3, 0.4) is 0 Å². The third kappa shape index (κ3) is 4.01. The van der Waals surface area contributed by atoms with Gasteiger partial charge in [-0.2, -0.15) is 0 Å². The van der Waals surface area contributed by atoms with Crippen molar-refractivity contribution in [2.24, 2.45) is 0 Å². The monoisotopic (exact) mass is 344 g/mol. The minimum atomic E-state index is 0.737. The standard InChI is InChI=1S/C19H28N4S/c1-4-23-18(16-9-7-8-15(2)14-16)20-21-19(23)24-13-11-17-10-5-6-12-22(17)3/h7-9,14,17H,4-6,10-13H2,1-3H3. The number of hydrogen-bond donors (Lipinski definition) is 0. The van der Waals surface area contributed by atoms with Gasteiger partial charge in [0.2, 0.25) is 0 Å². The van der Waals surface area contributed by atoms with Gasteiger partial charge >= 0.3 is 0 Å². The second kappa shape index (κ2) is 8.17. The Balaban J connectivity index is 1.66. The van der Waals surface area contributed by atoms with Gasteiger partial charge in [-0.25, -0.2) is 0 Å². The second-order valence-corrected chi connectivity index (χ2v) is 7.75. The van der Waals surface area contributed by atoms with Gasteiger partial charge in [-0.1, -0.05) is 41.9 Å². The van der Waals surface area contributed by atoms with Gasteiger partial charge in [-0.05, 0) is 52.8 Å². The Hall–Kier alpha value is -1.33. The first-order valence-electron chi connectivity index (χ1n) is 9.02. The average molecular weight is 345 g/mol. The molecule has 24 heavy (non-hydrogen) atoms. The van der Waals surface area contributed by atoms with Crippen molar-refractivity contribution >= 4 is 11.8 Å². The lowest BCUT2D eigenvalue weighted by Crippen LogP contribution is -2.36. The van der Waals surface area contributed by atoms with Crippen molar-refractivity contribution in [2.45, 2.75) is 57.3 Å². The van der Waals surface area contributed by atoms with Crippen LogP contribution < -0.4 is 0 Å². The Bertz CT molecular complexity index is 667. The molecule has 0 radical (unpaired) electrons. The van der Waals surface area contributed by atoms with E-state index >= 15 is 0 Å². The summed E-state index contributed by atoms with van der Waals surface area (Å²) in [4.78, 5) is 2.52. The van der Waals surface area contributed by atoms with Crippen LogP contribution in [-0.4, -0.2) is 45.1 Å². The first-order valence-corrected chi connectivity index (χ1v) is 10.0. The van der Waals surface area contributed by atoms with E-state index in [0.717, 1.165) is 34.9 Å². The summed E-state index contributed by atoms with van der Waals surface area (Å²) in [5.74, 6) is 2.10. The molecular weight excluding hydrogens is 316 g/mol. The molecule has 2 heterocycles. The van der Waals surface area contributed by atoms with Gasteiger partial charge in [0.25, 0.3) is 0 Å². The largest absolute Gasteiger partial charge is 0.303 e. The minimum absolute atomic E-state index is 0.737. The molecule has 0 N–H and O–H groups in total. The zero-order valence-electron chi connectivity index (χ0n) is 15.0. The topological polar surface area (TPSA) is 34.0 Å². The highest BCUT2D eigenvalue weighted by atomic mass is 32.2. The van der Waals surface area contributed by atoms with Gasteiger partial charge in [0.15, 0.2) is 11.0 Å². The maximum atomic E-state index is 4.46. The fraction of sp³-hybridized carbons (Fsp3) is 0.579. The van der Waals surface area contributed by atoms with Crippen LogP contribution in [0.25, 0.3) is 11.4 Å². The van der Waals surface area contributed by atoms with Gasteiger partial charge in [-0.15, -0.1) is 10.2 Å². The van der Waals surface area contributed by atoms with Crippen LogP contribution in [-0.2, 0) is 6.54 Å². The fourth-order valence-corrected chi connectivity index (χ4v) is 4.52. The molecule has 0 bridgehead atoms. The molecular formula is C19H28N4S. The van der Waals surface area contributed by atoms with Crippen LogP contribution in [0, 0.1) is 6.92 Å². The molecule has 1 fully saturated rings. The maximum absolute atomic E-state index is 4.46. The summed E-state index contributed by atoms with van der Waals surface area (Å²) < 4.78 is 2.24. The number of likely N-dealkylation sites (tertiary alicyclic amines) is 1. The van der Waals surface area contributed by atoms with Gasteiger partial charge < -0.3 is 9.47 Å². The van der Waals surface area contributed by atoms with Gasteiger partial charge in [0, 0.05) is 23.9 Å². The van der Waals surface area contributed by atoms with E-state index in [9.17, 15) is 0 Å². The zero-order chi connectivity index (χ0) is 16.9. The van der Waals surface area contributed by atoms with E-state index in [4.69, 9.17) is 0 Å². The lowest BCUT2D eigenvalue weighted by Gasteiger charge is -2.32. The molecule has 5 heteroatoms. The summed E-state index contributed by atoms with van der Waals surface area (Å²) >= 11 is 1.85. The van der Waals surface area contributed by atoms with E-state index in [1.807, 2.05) is 11.8 Å². The first-order chi connectivity index (χ1) is 11.7. The van der Waals surface area contributed by atoms with Crippen LogP contribution in [0.5, 0.6) is 0 Å². The molecule has 1 unspecified atom stereocenters. The molecule has 1 aliphatic rings. The van der Waals surface area contributed by atoms with E-state index < -0.39 is 0 Å². The molecule has 1 aromatic heterocycles. The number of aromatic nitrogens is 3. The number of rotatable bonds is 6. The van der Waals surface area contributed by atoms with Gasteiger partial charge in [0.1, 0.15) is 0 Å². The molecule has 3 rings (SSSR count). The number of piperidine rings is 1. The Labute approximate surface area is 149 Å². The van der Waals surface area contributed by atoms with Crippen LogP contribution in [0.2, 0.25) is 0 Å². The zero-order valence-corrected chi connectivity index (χ0v) is 15.9. The average Bonchev–Trinajstić information content (AvgIpc) is 2.99. The molecule has 0 amide bonds. The van der Waals surface area contributed by atoms with Crippen molar-refractivity contribution in [3.8, 4) is 11.4 Å². The van der Waals surface area contributed by atoms with E-state index in [2.05, 4.69) is 64.8 Å². The van der Waals surface area contributed by atoms with E-state index in [-0.39, 0.29) is 0 Å². The summed E-state index contributed by atoms with van der Waals surface area (Å²) in [6.07, 6.45) is 5.30. The summed E-state index contributed by atoms with van der Waals surface area (Å²) in [7, 11) is 2.26. The number of nitrogens with zero attached hydrogens (tertiary/aromatic N) is 4. The molecule has 1 atom stereocenters.